The second kappa shape index (κ2) is 4.99. The van der Waals surface area contributed by atoms with Gasteiger partial charge in [-0.2, -0.15) is 0 Å². The van der Waals surface area contributed by atoms with E-state index in [1.807, 2.05) is 0 Å². The third kappa shape index (κ3) is 2.84. The predicted octanol–water partition coefficient (Wildman–Crippen LogP) is 1.83. The molecule has 0 aromatic carbocycles. The van der Waals surface area contributed by atoms with Crippen LogP contribution in [0, 0.1) is 9.49 Å². The van der Waals surface area contributed by atoms with Crippen LogP contribution >= 0.6 is 22.6 Å². The van der Waals surface area contributed by atoms with Gasteiger partial charge in [0.05, 0.1) is 7.11 Å². The molecule has 1 amide bonds. The number of halogens is 1. The summed E-state index contributed by atoms with van der Waals surface area (Å²) in [5.41, 5.74) is 0.509. The fourth-order valence-electron chi connectivity index (χ4n) is 1.41. The van der Waals surface area contributed by atoms with Gasteiger partial charge >= 0.3 is 0 Å². The molecule has 1 aliphatic carbocycles. The molecular weight excluding hydrogens is 319 g/mol. The maximum atomic E-state index is 11.9. The van der Waals surface area contributed by atoms with Crippen molar-refractivity contribution in [2.24, 2.45) is 5.92 Å². The Morgan fingerprint density at radius 1 is 1.69 bits per heavy atom. The zero-order valence-electron chi connectivity index (χ0n) is 9.00. The Hall–Kier alpha value is -0.850. The van der Waals surface area contributed by atoms with Crippen LogP contribution in [0.3, 0.4) is 0 Å². The fraction of sp³-hybridized carbons (Fsp3) is 0.455. The zero-order valence-corrected chi connectivity index (χ0v) is 11.2. The molecule has 0 aliphatic heterocycles. The van der Waals surface area contributed by atoms with Crippen molar-refractivity contribution in [3.63, 3.8) is 0 Å². The highest BCUT2D eigenvalue weighted by Crippen LogP contribution is 2.27. The average Bonchev–Trinajstić information content (AvgIpc) is 3.09. The molecule has 0 radical (unpaired) electrons. The van der Waals surface area contributed by atoms with Crippen molar-refractivity contribution >= 4 is 28.5 Å². The highest BCUT2D eigenvalue weighted by Gasteiger charge is 2.23. The minimum Gasteiger partial charge on any atom is -0.480 e. The van der Waals surface area contributed by atoms with Crippen LogP contribution in [0.1, 0.15) is 23.2 Å². The molecule has 1 N–H and O–H groups in total. The van der Waals surface area contributed by atoms with E-state index < -0.39 is 0 Å². The van der Waals surface area contributed by atoms with E-state index in [1.165, 1.54) is 20.0 Å². The fourth-order valence-corrected chi connectivity index (χ4v) is 1.86. The summed E-state index contributed by atoms with van der Waals surface area (Å²) in [6, 6.07) is 1.79. The lowest BCUT2D eigenvalue weighted by Gasteiger charge is -2.08. The van der Waals surface area contributed by atoms with Gasteiger partial charge in [0.15, 0.2) is 0 Å². The number of amides is 1. The van der Waals surface area contributed by atoms with Gasteiger partial charge in [-0.15, -0.1) is 0 Å². The number of hydrogen-bond donors (Lipinski definition) is 1. The van der Waals surface area contributed by atoms with Crippen LogP contribution in [0.25, 0.3) is 0 Å². The summed E-state index contributed by atoms with van der Waals surface area (Å²) < 4.78 is 5.99. The minimum atomic E-state index is -0.102. The number of aromatic nitrogens is 1. The van der Waals surface area contributed by atoms with Crippen molar-refractivity contribution in [2.75, 3.05) is 13.7 Å². The molecule has 0 saturated heterocycles. The molecule has 5 heteroatoms. The Kier molecular flexibility index (Phi) is 3.63. The van der Waals surface area contributed by atoms with E-state index in [0.29, 0.717) is 17.4 Å². The normalized spacial score (nSPS) is 14.6. The largest absolute Gasteiger partial charge is 0.480 e. The number of methoxy groups -OCH3 is 1. The SMILES string of the molecule is COc1ncc(I)cc1C(=O)NCC1CC1. The molecule has 0 unspecified atom stereocenters. The van der Waals surface area contributed by atoms with Crippen molar-refractivity contribution in [1.82, 2.24) is 10.3 Å². The number of hydrogen-bond acceptors (Lipinski definition) is 3. The molecule has 1 aromatic rings. The van der Waals surface area contributed by atoms with Crippen LogP contribution in [0.4, 0.5) is 0 Å². The Morgan fingerprint density at radius 3 is 3.06 bits per heavy atom. The van der Waals surface area contributed by atoms with Gasteiger partial charge in [-0.25, -0.2) is 4.98 Å². The summed E-state index contributed by atoms with van der Waals surface area (Å²) in [5, 5.41) is 2.90. The number of pyridine rings is 1. The van der Waals surface area contributed by atoms with E-state index in [1.54, 1.807) is 12.3 Å². The van der Waals surface area contributed by atoms with Gasteiger partial charge in [-0.05, 0) is 47.4 Å². The molecule has 1 aromatic heterocycles. The molecule has 2 rings (SSSR count). The van der Waals surface area contributed by atoms with Gasteiger partial charge in [-0.3, -0.25) is 4.79 Å². The highest BCUT2D eigenvalue weighted by molar-refractivity contribution is 14.1. The smallest absolute Gasteiger partial charge is 0.256 e. The number of carbonyl (C=O) groups excluding carboxylic acids is 1. The molecular formula is C11H13IN2O2. The lowest BCUT2D eigenvalue weighted by molar-refractivity contribution is 0.0948. The summed E-state index contributed by atoms with van der Waals surface area (Å²) in [6.45, 7) is 0.757. The van der Waals surface area contributed by atoms with Gasteiger partial charge in [0.2, 0.25) is 5.88 Å². The monoisotopic (exact) mass is 332 g/mol. The molecule has 0 spiro atoms. The van der Waals surface area contributed by atoms with Gasteiger partial charge in [0.1, 0.15) is 5.56 Å². The van der Waals surface area contributed by atoms with E-state index in [2.05, 4.69) is 32.9 Å². The third-order valence-electron chi connectivity index (χ3n) is 2.50. The topological polar surface area (TPSA) is 51.2 Å². The number of rotatable bonds is 4. The van der Waals surface area contributed by atoms with Gasteiger partial charge in [0.25, 0.3) is 5.91 Å². The molecule has 16 heavy (non-hydrogen) atoms. The van der Waals surface area contributed by atoms with Crippen molar-refractivity contribution in [3.8, 4) is 5.88 Å². The number of nitrogens with one attached hydrogen (secondary N) is 1. The van der Waals surface area contributed by atoms with Crippen molar-refractivity contribution in [1.29, 1.82) is 0 Å². The van der Waals surface area contributed by atoms with Gasteiger partial charge in [0, 0.05) is 16.3 Å². The number of ether oxygens (including phenoxy) is 1. The summed E-state index contributed by atoms with van der Waals surface area (Å²) in [6.07, 6.45) is 4.13. The summed E-state index contributed by atoms with van der Waals surface area (Å²) in [7, 11) is 1.52. The van der Waals surface area contributed by atoms with Crippen LogP contribution in [-0.2, 0) is 0 Å². The third-order valence-corrected chi connectivity index (χ3v) is 3.09. The van der Waals surface area contributed by atoms with Crippen LogP contribution in [0.5, 0.6) is 5.88 Å². The second-order valence-electron chi connectivity index (χ2n) is 3.86. The van der Waals surface area contributed by atoms with Crippen molar-refractivity contribution in [3.05, 3.63) is 21.4 Å². The summed E-state index contributed by atoms with van der Waals surface area (Å²) >= 11 is 2.13. The highest BCUT2D eigenvalue weighted by atomic mass is 127. The van der Waals surface area contributed by atoms with Crippen LogP contribution in [0.2, 0.25) is 0 Å². The summed E-state index contributed by atoms with van der Waals surface area (Å²) in [4.78, 5) is 15.9. The van der Waals surface area contributed by atoms with Crippen molar-refractivity contribution in [2.45, 2.75) is 12.8 Å². The zero-order chi connectivity index (χ0) is 11.5. The van der Waals surface area contributed by atoms with E-state index in [9.17, 15) is 4.79 Å². The Morgan fingerprint density at radius 2 is 2.44 bits per heavy atom. The lowest BCUT2D eigenvalue weighted by Crippen LogP contribution is -2.26. The molecule has 0 atom stereocenters. The molecule has 1 fully saturated rings. The molecule has 1 heterocycles. The summed E-state index contributed by atoms with van der Waals surface area (Å²) in [5.74, 6) is 0.953. The molecule has 0 bridgehead atoms. The minimum absolute atomic E-state index is 0.102. The van der Waals surface area contributed by atoms with Gasteiger partial charge < -0.3 is 10.1 Å². The van der Waals surface area contributed by atoms with E-state index in [-0.39, 0.29) is 5.91 Å². The Labute approximate surface area is 108 Å². The second-order valence-corrected chi connectivity index (χ2v) is 5.11. The first-order chi connectivity index (χ1) is 7.70. The molecule has 4 nitrogen and oxygen atoms in total. The van der Waals surface area contributed by atoms with Crippen LogP contribution in [-0.4, -0.2) is 24.5 Å². The van der Waals surface area contributed by atoms with E-state index in [0.717, 1.165) is 10.1 Å². The number of nitrogens with zero attached hydrogens (tertiary/aromatic N) is 1. The lowest BCUT2D eigenvalue weighted by atomic mass is 10.2. The van der Waals surface area contributed by atoms with Crippen molar-refractivity contribution < 1.29 is 9.53 Å². The maximum absolute atomic E-state index is 11.9. The number of carbonyl (C=O) groups is 1. The van der Waals surface area contributed by atoms with Crippen LogP contribution < -0.4 is 10.1 Å². The molecule has 86 valence electrons. The molecule has 1 saturated carbocycles. The quantitative estimate of drug-likeness (QED) is 0.856. The first-order valence-electron chi connectivity index (χ1n) is 5.18. The standard InChI is InChI=1S/C11H13IN2O2/c1-16-11-9(4-8(12)6-14-11)10(15)13-5-7-2-3-7/h4,6-7H,2-3,5H2,1H3,(H,13,15). The van der Waals surface area contributed by atoms with Crippen LogP contribution in [0.15, 0.2) is 12.3 Å². The Balaban J connectivity index is 2.09. The van der Waals surface area contributed by atoms with E-state index >= 15 is 0 Å². The first-order valence-corrected chi connectivity index (χ1v) is 6.26. The average molecular weight is 332 g/mol. The predicted molar refractivity (Wildman–Crippen MR) is 68.6 cm³/mol. The molecule has 1 aliphatic rings. The Bertz CT molecular complexity index is 405. The maximum Gasteiger partial charge on any atom is 0.256 e. The van der Waals surface area contributed by atoms with E-state index in [4.69, 9.17) is 4.74 Å². The van der Waals surface area contributed by atoms with Gasteiger partial charge in [-0.1, -0.05) is 0 Å². The first kappa shape index (κ1) is 11.6.